The molecule has 6 rings (SSSR count). The van der Waals surface area contributed by atoms with Crippen molar-refractivity contribution in [3.63, 3.8) is 0 Å². The first kappa shape index (κ1) is 27.9. The van der Waals surface area contributed by atoms with Gasteiger partial charge in [0.05, 0.1) is 23.8 Å². The molecule has 0 aromatic heterocycles. The van der Waals surface area contributed by atoms with Crippen LogP contribution in [-0.2, 0) is 4.74 Å². The minimum atomic E-state index is -0.349. The number of carbonyl (C=O) groups excluding carboxylic acids is 4. The molecule has 2 N–H and O–H groups in total. The molecular weight excluding hydrogens is 546 g/mol. The van der Waals surface area contributed by atoms with E-state index in [0.717, 1.165) is 18.4 Å². The zero-order valence-corrected chi connectivity index (χ0v) is 23.5. The summed E-state index contributed by atoms with van der Waals surface area (Å²) in [5, 5.41) is 5.67. The number of ether oxygens (including phenoxy) is 2. The van der Waals surface area contributed by atoms with Crippen molar-refractivity contribution in [3.8, 4) is 11.5 Å². The predicted molar refractivity (Wildman–Crippen MR) is 161 cm³/mol. The van der Waals surface area contributed by atoms with Gasteiger partial charge in [0.25, 0.3) is 23.6 Å². The van der Waals surface area contributed by atoms with Crippen molar-refractivity contribution in [1.82, 2.24) is 4.90 Å². The van der Waals surface area contributed by atoms with E-state index in [0.29, 0.717) is 51.7 Å². The van der Waals surface area contributed by atoms with Gasteiger partial charge >= 0.3 is 0 Å². The van der Waals surface area contributed by atoms with E-state index in [1.807, 2.05) is 19.1 Å². The average Bonchev–Trinajstić information content (AvgIpc) is 3.61. The standard InChI is InChI=1S/C34H29N3O6/c1-21-5-2-6-22(17-21)31(38)36-25-8-3-7-23(18-25)32(39)35-24-10-12-26(13-11-24)43-27-14-15-29-30(19-27)34(41)37(33(29)40)20-28-9-4-16-42-28/h2-3,5-8,10-15,17-19,28H,4,9,16,20H2,1H3,(H,35,39)(H,36,38). The number of nitrogens with one attached hydrogen (secondary N) is 2. The molecular formula is C34H29N3O6. The maximum Gasteiger partial charge on any atom is 0.261 e. The third kappa shape index (κ3) is 6.17. The Hall–Kier alpha value is -5.28. The van der Waals surface area contributed by atoms with E-state index in [1.54, 1.807) is 78.9 Å². The lowest BCUT2D eigenvalue weighted by Crippen LogP contribution is -2.36. The molecule has 4 aromatic rings. The Morgan fingerprint density at radius 3 is 2.19 bits per heavy atom. The number of imide groups is 1. The van der Waals surface area contributed by atoms with Gasteiger partial charge in [-0.15, -0.1) is 0 Å². The number of hydrogen-bond acceptors (Lipinski definition) is 6. The van der Waals surface area contributed by atoms with Crippen LogP contribution >= 0.6 is 0 Å². The lowest BCUT2D eigenvalue weighted by atomic mass is 10.1. The van der Waals surface area contributed by atoms with Gasteiger partial charge in [-0.05, 0) is 92.6 Å². The number of anilines is 2. The van der Waals surface area contributed by atoms with E-state index >= 15 is 0 Å². The van der Waals surface area contributed by atoms with Crippen LogP contribution in [0.4, 0.5) is 11.4 Å². The van der Waals surface area contributed by atoms with E-state index in [1.165, 1.54) is 4.90 Å². The Labute approximate surface area is 248 Å². The minimum Gasteiger partial charge on any atom is -0.457 e. The number of hydrogen-bond donors (Lipinski definition) is 2. The summed E-state index contributed by atoms with van der Waals surface area (Å²) in [6.07, 6.45) is 1.64. The summed E-state index contributed by atoms with van der Waals surface area (Å²) in [7, 11) is 0. The van der Waals surface area contributed by atoms with Gasteiger partial charge in [-0.2, -0.15) is 0 Å². The summed E-state index contributed by atoms with van der Waals surface area (Å²) in [6, 6.07) is 25.6. The largest absolute Gasteiger partial charge is 0.457 e. The van der Waals surface area contributed by atoms with Crippen molar-refractivity contribution >= 4 is 35.0 Å². The second-order valence-corrected chi connectivity index (χ2v) is 10.5. The van der Waals surface area contributed by atoms with Gasteiger partial charge in [0, 0.05) is 29.1 Å². The summed E-state index contributed by atoms with van der Waals surface area (Å²) < 4.78 is 11.5. The van der Waals surface area contributed by atoms with Crippen molar-refractivity contribution < 1.29 is 28.7 Å². The highest BCUT2D eigenvalue weighted by atomic mass is 16.5. The Balaban J connectivity index is 1.07. The number of aryl methyl sites for hydroxylation is 1. The fourth-order valence-electron chi connectivity index (χ4n) is 5.16. The van der Waals surface area contributed by atoms with Crippen molar-refractivity contribution in [2.75, 3.05) is 23.8 Å². The van der Waals surface area contributed by atoms with E-state index in [2.05, 4.69) is 10.6 Å². The van der Waals surface area contributed by atoms with E-state index in [-0.39, 0.29) is 36.3 Å². The van der Waals surface area contributed by atoms with Gasteiger partial charge in [-0.25, -0.2) is 0 Å². The third-order valence-electron chi connectivity index (χ3n) is 7.36. The molecule has 43 heavy (non-hydrogen) atoms. The SMILES string of the molecule is Cc1cccc(C(=O)Nc2cccc(C(=O)Nc3ccc(Oc4ccc5c(c4)C(=O)N(CC4CCCO4)C5=O)cc3)c2)c1. The maximum absolute atomic E-state index is 12.9. The number of amides is 4. The summed E-state index contributed by atoms with van der Waals surface area (Å²) in [5.41, 5.74) is 3.61. The van der Waals surface area contributed by atoms with Crippen LogP contribution < -0.4 is 15.4 Å². The zero-order valence-electron chi connectivity index (χ0n) is 23.5. The van der Waals surface area contributed by atoms with Crippen LogP contribution in [0.3, 0.4) is 0 Å². The van der Waals surface area contributed by atoms with Crippen LogP contribution in [0, 0.1) is 6.92 Å². The Bertz CT molecular complexity index is 1730. The van der Waals surface area contributed by atoms with Crippen molar-refractivity contribution in [3.05, 3.63) is 119 Å². The van der Waals surface area contributed by atoms with Crippen LogP contribution in [0.25, 0.3) is 0 Å². The van der Waals surface area contributed by atoms with Gasteiger partial charge in [0.1, 0.15) is 11.5 Å². The highest BCUT2D eigenvalue weighted by Crippen LogP contribution is 2.31. The van der Waals surface area contributed by atoms with Crippen molar-refractivity contribution in [2.45, 2.75) is 25.9 Å². The van der Waals surface area contributed by atoms with Gasteiger partial charge in [-0.1, -0.05) is 23.8 Å². The molecule has 0 spiro atoms. The summed E-state index contributed by atoms with van der Waals surface area (Å²) >= 11 is 0. The van der Waals surface area contributed by atoms with Crippen LogP contribution in [0.5, 0.6) is 11.5 Å². The molecule has 9 nitrogen and oxygen atoms in total. The molecule has 9 heteroatoms. The van der Waals surface area contributed by atoms with Crippen molar-refractivity contribution in [2.24, 2.45) is 0 Å². The smallest absolute Gasteiger partial charge is 0.261 e. The fraction of sp³-hybridized carbons (Fsp3) is 0.176. The second kappa shape index (κ2) is 11.9. The molecule has 0 radical (unpaired) electrons. The van der Waals surface area contributed by atoms with Crippen LogP contribution in [0.1, 0.15) is 59.8 Å². The van der Waals surface area contributed by atoms with E-state index in [9.17, 15) is 19.2 Å². The molecule has 4 aromatic carbocycles. The maximum atomic E-state index is 12.9. The summed E-state index contributed by atoms with van der Waals surface area (Å²) in [5.74, 6) is -0.354. The minimum absolute atomic E-state index is 0.120. The lowest BCUT2D eigenvalue weighted by molar-refractivity contribution is 0.0475. The molecule has 0 aliphatic carbocycles. The fourth-order valence-corrected chi connectivity index (χ4v) is 5.16. The number of benzene rings is 4. The number of fused-ring (bicyclic) bond motifs is 1. The highest BCUT2D eigenvalue weighted by Gasteiger charge is 2.37. The second-order valence-electron chi connectivity index (χ2n) is 10.5. The molecule has 2 heterocycles. The van der Waals surface area contributed by atoms with Gasteiger partial charge in [0.15, 0.2) is 0 Å². The number of nitrogens with zero attached hydrogens (tertiary/aromatic N) is 1. The Morgan fingerprint density at radius 1 is 0.791 bits per heavy atom. The molecule has 0 saturated carbocycles. The van der Waals surface area contributed by atoms with Gasteiger partial charge < -0.3 is 20.1 Å². The predicted octanol–water partition coefficient (Wildman–Crippen LogP) is 6.07. The third-order valence-corrected chi connectivity index (χ3v) is 7.36. The van der Waals surface area contributed by atoms with Crippen LogP contribution in [-0.4, -0.2) is 47.8 Å². The molecule has 2 aliphatic heterocycles. The van der Waals surface area contributed by atoms with E-state index in [4.69, 9.17) is 9.47 Å². The molecule has 1 saturated heterocycles. The molecule has 1 atom stereocenters. The topological polar surface area (TPSA) is 114 Å². The first-order valence-electron chi connectivity index (χ1n) is 14.0. The van der Waals surface area contributed by atoms with Crippen LogP contribution in [0.2, 0.25) is 0 Å². The van der Waals surface area contributed by atoms with E-state index < -0.39 is 0 Å². The first-order valence-corrected chi connectivity index (χ1v) is 14.0. The number of carbonyl (C=O) groups is 4. The highest BCUT2D eigenvalue weighted by molar-refractivity contribution is 6.21. The molecule has 0 bridgehead atoms. The van der Waals surface area contributed by atoms with Gasteiger partial charge in [0.2, 0.25) is 0 Å². The average molecular weight is 576 g/mol. The zero-order chi connectivity index (χ0) is 29.9. The van der Waals surface area contributed by atoms with Crippen LogP contribution in [0.15, 0.2) is 91.0 Å². The molecule has 2 aliphatic rings. The lowest BCUT2D eigenvalue weighted by Gasteiger charge is -2.17. The Morgan fingerprint density at radius 2 is 1.47 bits per heavy atom. The van der Waals surface area contributed by atoms with Gasteiger partial charge in [-0.3, -0.25) is 24.1 Å². The summed E-state index contributed by atoms with van der Waals surface area (Å²) in [6.45, 7) is 2.82. The monoisotopic (exact) mass is 575 g/mol. The molecule has 4 amide bonds. The quantitative estimate of drug-likeness (QED) is 0.247. The molecule has 1 fully saturated rings. The van der Waals surface area contributed by atoms with Crippen molar-refractivity contribution in [1.29, 1.82) is 0 Å². The normalized spacial score (nSPS) is 15.7. The molecule has 1 unspecified atom stereocenters. The molecule has 216 valence electrons. The summed E-state index contributed by atoms with van der Waals surface area (Å²) in [4.78, 5) is 52.5. The number of rotatable bonds is 8. The Kier molecular flexibility index (Phi) is 7.72. The first-order chi connectivity index (χ1) is 20.8.